The molecule has 0 aliphatic carbocycles. The number of nitrogens with one attached hydrogen (secondary N) is 1. The van der Waals surface area contributed by atoms with E-state index in [4.69, 9.17) is 4.74 Å². The van der Waals surface area contributed by atoms with Gasteiger partial charge < -0.3 is 4.74 Å². The minimum absolute atomic E-state index is 0.312. The molecule has 1 saturated heterocycles. The molecule has 132 valence electrons. The molecule has 1 N–H and O–H groups in total. The van der Waals surface area contributed by atoms with Crippen molar-refractivity contribution in [2.45, 2.75) is 0 Å². The number of anilines is 1. The number of hydrogen-bond donors (Lipinski definition) is 1. The third-order valence-corrected chi connectivity index (χ3v) is 4.37. The number of halogens is 1. The SMILES string of the molecule is COc1cccc(N2C(=O)NC(=O)[C@@H](C=Nc3cccc(I)c3)C2=O)c1. The van der Waals surface area contributed by atoms with Crippen LogP contribution in [-0.2, 0) is 9.59 Å². The van der Waals surface area contributed by atoms with Crippen LogP contribution >= 0.6 is 22.6 Å². The molecule has 0 unspecified atom stereocenters. The molecule has 4 amide bonds. The van der Waals surface area contributed by atoms with E-state index in [0.29, 0.717) is 17.1 Å². The summed E-state index contributed by atoms with van der Waals surface area (Å²) in [5.41, 5.74) is 0.925. The zero-order valence-corrected chi connectivity index (χ0v) is 15.8. The third kappa shape index (κ3) is 3.74. The third-order valence-electron chi connectivity index (χ3n) is 3.69. The van der Waals surface area contributed by atoms with Crippen molar-refractivity contribution >= 4 is 58.0 Å². The van der Waals surface area contributed by atoms with Crippen LogP contribution in [0.25, 0.3) is 0 Å². The first-order valence-electron chi connectivity index (χ1n) is 7.62. The van der Waals surface area contributed by atoms with Gasteiger partial charge in [0.15, 0.2) is 5.92 Å². The Balaban J connectivity index is 1.90. The molecule has 1 fully saturated rings. The molecule has 8 heteroatoms. The van der Waals surface area contributed by atoms with Gasteiger partial charge in [-0.15, -0.1) is 0 Å². The number of imide groups is 2. The molecule has 1 aliphatic rings. The normalized spacial score (nSPS) is 17.5. The highest BCUT2D eigenvalue weighted by atomic mass is 127. The van der Waals surface area contributed by atoms with Crippen molar-refractivity contribution in [1.29, 1.82) is 0 Å². The van der Waals surface area contributed by atoms with Gasteiger partial charge in [-0.3, -0.25) is 19.9 Å². The van der Waals surface area contributed by atoms with Crippen LogP contribution in [0.5, 0.6) is 5.75 Å². The standard InChI is InChI=1S/C18H14IN3O4/c1-26-14-7-3-6-13(9-14)22-17(24)15(16(23)21-18(22)25)10-20-12-5-2-4-11(19)8-12/h2-10,15H,1H3,(H,21,23,25)/t15-/m1/s1. The maximum atomic E-state index is 12.7. The number of nitrogens with zero attached hydrogens (tertiary/aromatic N) is 2. The molecule has 0 saturated carbocycles. The van der Waals surface area contributed by atoms with Gasteiger partial charge in [0.1, 0.15) is 5.75 Å². The monoisotopic (exact) mass is 463 g/mol. The lowest BCUT2D eigenvalue weighted by Gasteiger charge is -2.28. The summed E-state index contributed by atoms with van der Waals surface area (Å²) < 4.78 is 6.09. The molecular formula is C18H14IN3O4. The van der Waals surface area contributed by atoms with E-state index in [9.17, 15) is 14.4 Å². The molecule has 1 aliphatic heterocycles. The van der Waals surface area contributed by atoms with Crippen LogP contribution < -0.4 is 15.0 Å². The van der Waals surface area contributed by atoms with Crippen LogP contribution in [0.3, 0.4) is 0 Å². The summed E-state index contributed by atoms with van der Waals surface area (Å²) >= 11 is 2.14. The highest BCUT2D eigenvalue weighted by Gasteiger charge is 2.40. The number of carbonyl (C=O) groups excluding carboxylic acids is 3. The molecule has 2 aromatic rings. The Morgan fingerprint density at radius 2 is 1.92 bits per heavy atom. The summed E-state index contributed by atoms with van der Waals surface area (Å²) in [5.74, 6) is -2.07. The predicted molar refractivity (Wildman–Crippen MR) is 105 cm³/mol. The molecule has 0 radical (unpaired) electrons. The second-order valence-corrected chi connectivity index (χ2v) is 6.65. The predicted octanol–water partition coefficient (Wildman–Crippen LogP) is 2.90. The quantitative estimate of drug-likeness (QED) is 0.429. The molecule has 0 bridgehead atoms. The molecule has 3 rings (SSSR count). The first kappa shape index (κ1) is 18.1. The van der Waals surface area contributed by atoms with E-state index in [-0.39, 0.29) is 0 Å². The first-order chi connectivity index (χ1) is 12.5. The van der Waals surface area contributed by atoms with E-state index in [0.717, 1.165) is 8.47 Å². The minimum Gasteiger partial charge on any atom is -0.497 e. The summed E-state index contributed by atoms with van der Waals surface area (Å²) in [5, 5.41) is 2.19. The number of carbonyl (C=O) groups is 3. The van der Waals surface area contributed by atoms with E-state index < -0.39 is 23.8 Å². The average Bonchev–Trinajstić information content (AvgIpc) is 2.61. The van der Waals surface area contributed by atoms with Crippen molar-refractivity contribution in [3.05, 3.63) is 52.1 Å². The van der Waals surface area contributed by atoms with Crippen molar-refractivity contribution in [1.82, 2.24) is 5.32 Å². The number of rotatable bonds is 4. The van der Waals surface area contributed by atoms with E-state index in [2.05, 4.69) is 32.9 Å². The average molecular weight is 463 g/mol. The van der Waals surface area contributed by atoms with Gasteiger partial charge in [-0.25, -0.2) is 9.69 Å². The van der Waals surface area contributed by atoms with E-state index >= 15 is 0 Å². The van der Waals surface area contributed by atoms with Gasteiger partial charge in [-0.1, -0.05) is 12.1 Å². The van der Waals surface area contributed by atoms with Crippen LogP contribution in [-0.4, -0.2) is 31.2 Å². The van der Waals surface area contributed by atoms with Gasteiger partial charge in [0.25, 0.3) is 5.91 Å². The Labute approximate surface area is 163 Å². The van der Waals surface area contributed by atoms with E-state index in [1.807, 2.05) is 18.2 Å². The lowest BCUT2D eigenvalue weighted by Crippen LogP contribution is -2.58. The van der Waals surface area contributed by atoms with Crippen molar-refractivity contribution in [2.75, 3.05) is 12.0 Å². The summed E-state index contributed by atoms with van der Waals surface area (Å²) in [7, 11) is 1.48. The van der Waals surface area contributed by atoms with Gasteiger partial charge >= 0.3 is 6.03 Å². The van der Waals surface area contributed by atoms with Crippen LogP contribution in [0.15, 0.2) is 53.5 Å². The smallest absolute Gasteiger partial charge is 0.335 e. The highest BCUT2D eigenvalue weighted by Crippen LogP contribution is 2.25. The van der Waals surface area contributed by atoms with Crippen molar-refractivity contribution < 1.29 is 19.1 Å². The number of aliphatic imine (C=N–C) groups is 1. The topological polar surface area (TPSA) is 88.1 Å². The summed E-state index contributed by atoms with van der Waals surface area (Å²) in [6.07, 6.45) is 1.25. The lowest BCUT2D eigenvalue weighted by atomic mass is 10.1. The molecule has 0 aromatic heterocycles. The van der Waals surface area contributed by atoms with Crippen molar-refractivity contribution in [3.63, 3.8) is 0 Å². The van der Waals surface area contributed by atoms with Gasteiger partial charge in [0.05, 0.1) is 18.5 Å². The van der Waals surface area contributed by atoms with Crippen LogP contribution in [0, 0.1) is 9.49 Å². The molecular weight excluding hydrogens is 449 g/mol. The Kier molecular flexibility index (Phi) is 5.31. The Morgan fingerprint density at radius 3 is 2.65 bits per heavy atom. The van der Waals surface area contributed by atoms with Crippen molar-refractivity contribution in [2.24, 2.45) is 10.9 Å². The largest absolute Gasteiger partial charge is 0.497 e. The summed E-state index contributed by atoms with van der Waals surface area (Å²) in [4.78, 5) is 42.1. The van der Waals surface area contributed by atoms with Crippen LogP contribution in [0.2, 0.25) is 0 Å². The Morgan fingerprint density at radius 1 is 1.15 bits per heavy atom. The second-order valence-electron chi connectivity index (χ2n) is 5.41. The van der Waals surface area contributed by atoms with Crippen LogP contribution in [0.1, 0.15) is 0 Å². The number of benzene rings is 2. The summed E-state index contributed by atoms with van der Waals surface area (Å²) in [6, 6.07) is 13.0. The fourth-order valence-electron chi connectivity index (χ4n) is 2.43. The second kappa shape index (κ2) is 7.65. The maximum Gasteiger partial charge on any atom is 0.335 e. The number of methoxy groups -OCH3 is 1. The number of barbiturate groups is 1. The fourth-order valence-corrected chi connectivity index (χ4v) is 2.96. The maximum absolute atomic E-state index is 12.7. The first-order valence-corrected chi connectivity index (χ1v) is 8.70. The zero-order valence-electron chi connectivity index (χ0n) is 13.7. The number of hydrogen-bond acceptors (Lipinski definition) is 5. The molecule has 26 heavy (non-hydrogen) atoms. The van der Waals surface area contributed by atoms with Crippen molar-refractivity contribution in [3.8, 4) is 5.75 Å². The highest BCUT2D eigenvalue weighted by molar-refractivity contribution is 14.1. The number of amides is 4. The van der Waals surface area contributed by atoms with E-state index in [1.54, 1.807) is 30.3 Å². The number of ether oxygens (including phenoxy) is 1. The summed E-state index contributed by atoms with van der Waals surface area (Å²) in [6.45, 7) is 0. The van der Waals surface area contributed by atoms with Gasteiger partial charge in [0, 0.05) is 15.9 Å². The molecule has 2 aromatic carbocycles. The molecule has 1 heterocycles. The Bertz CT molecular complexity index is 913. The minimum atomic E-state index is -1.20. The van der Waals surface area contributed by atoms with Gasteiger partial charge in [-0.2, -0.15) is 0 Å². The zero-order chi connectivity index (χ0) is 18.7. The Hall–Kier alpha value is -2.75. The lowest BCUT2D eigenvalue weighted by molar-refractivity contribution is -0.131. The van der Waals surface area contributed by atoms with Gasteiger partial charge in [-0.05, 0) is 52.9 Å². The van der Waals surface area contributed by atoms with E-state index in [1.165, 1.54) is 13.3 Å². The fraction of sp³-hybridized carbons (Fsp3) is 0.111. The molecule has 1 atom stereocenters. The van der Waals surface area contributed by atoms with Crippen LogP contribution in [0.4, 0.5) is 16.2 Å². The number of urea groups is 1. The molecule has 0 spiro atoms. The molecule has 7 nitrogen and oxygen atoms in total. The van der Waals surface area contributed by atoms with Gasteiger partial charge in [0.2, 0.25) is 5.91 Å².